The number of hydrogen-bond donors (Lipinski definition) is 1. The van der Waals surface area contributed by atoms with E-state index >= 15 is 0 Å². The highest BCUT2D eigenvalue weighted by atomic mass is 16.5. The van der Waals surface area contributed by atoms with Crippen LogP contribution in [-0.2, 0) is 4.74 Å². The lowest BCUT2D eigenvalue weighted by Gasteiger charge is -2.18. The zero-order chi connectivity index (χ0) is 16.3. The molecule has 0 aliphatic heterocycles. The normalized spacial score (nSPS) is 11.9. The first-order valence-corrected chi connectivity index (χ1v) is 7.19. The Bertz CT molecular complexity index is 681. The molecule has 1 N–H and O–H groups in total. The minimum absolute atomic E-state index is 0.0686. The van der Waals surface area contributed by atoms with Crippen molar-refractivity contribution < 1.29 is 9.53 Å². The Kier molecular flexibility index (Phi) is 4.75. The van der Waals surface area contributed by atoms with Gasteiger partial charge in [-0.3, -0.25) is 0 Å². The van der Waals surface area contributed by atoms with Gasteiger partial charge in [0, 0.05) is 17.3 Å². The van der Waals surface area contributed by atoms with E-state index < -0.39 is 0 Å². The van der Waals surface area contributed by atoms with Crippen molar-refractivity contribution in [2.24, 2.45) is 0 Å². The number of methoxy groups -OCH3 is 1. The Morgan fingerprint density at radius 1 is 1.14 bits per heavy atom. The number of carbonyl (C=O) groups excluding carboxylic acids is 1. The van der Waals surface area contributed by atoms with Crippen LogP contribution >= 0.6 is 0 Å². The summed E-state index contributed by atoms with van der Waals surface area (Å²) in [5.41, 5.74) is 3.64. The SMILES string of the molecule is COC(=O)c1ccc(C(C)Nc2nc(C)nc(C)c2C)cc1. The third-order valence-electron chi connectivity index (χ3n) is 3.69. The van der Waals surface area contributed by atoms with Crippen LogP contribution in [0.1, 0.15) is 46.0 Å². The van der Waals surface area contributed by atoms with Crippen molar-refractivity contribution >= 4 is 11.8 Å². The fourth-order valence-corrected chi connectivity index (χ4v) is 2.22. The molecule has 22 heavy (non-hydrogen) atoms. The quantitative estimate of drug-likeness (QED) is 0.877. The summed E-state index contributed by atoms with van der Waals surface area (Å²) < 4.78 is 4.70. The van der Waals surface area contributed by atoms with Gasteiger partial charge in [0.2, 0.25) is 0 Å². The van der Waals surface area contributed by atoms with Crippen LogP contribution in [0.4, 0.5) is 5.82 Å². The third kappa shape index (κ3) is 3.42. The number of benzene rings is 1. The lowest BCUT2D eigenvalue weighted by Crippen LogP contribution is -2.11. The molecule has 1 atom stereocenters. The molecular weight excluding hydrogens is 278 g/mol. The van der Waals surface area contributed by atoms with Crippen molar-refractivity contribution in [1.82, 2.24) is 9.97 Å². The van der Waals surface area contributed by atoms with Crippen molar-refractivity contribution in [2.45, 2.75) is 33.7 Å². The minimum Gasteiger partial charge on any atom is -0.465 e. The van der Waals surface area contributed by atoms with E-state index in [1.807, 2.05) is 32.9 Å². The summed E-state index contributed by atoms with van der Waals surface area (Å²) in [5.74, 6) is 1.26. The number of anilines is 1. The lowest BCUT2D eigenvalue weighted by molar-refractivity contribution is 0.0600. The molecule has 0 bridgehead atoms. The average molecular weight is 299 g/mol. The Balaban J connectivity index is 2.19. The maximum atomic E-state index is 11.5. The summed E-state index contributed by atoms with van der Waals surface area (Å²) in [7, 11) is 1.38. The van der Waals surface area contributed by atoms with Gasteiger partial charge in [-0.15, -0.1) is 0 Å². The van der Waals surface area contributed by atoms with E-state index in [2.05, 4.69) is 22.2 Å². The molecular formula is C17H21N3O2. The maximum absolute atomic E-state index is 11.5. The van der Waals surface area contributed by atoms with Gasteiger partial charge in [0.05, 0.1) is 12.7 Å². The monoisotopic (exact) mass is 299 g/mol. The molecule has 1 heterocycles. The fourth-order valence-electron chi connectivity index (χ4n) is 2.22. The number of rotatable bonds is 4. The van der Waals surface area contributed by atoms with E-state index in [0.29, 0.717) is 5.56 Å². The second-order valence-corrected chi connectivity index (χ2v) is 5.31. The van der Waals surface area contributed by atoms with Gasteiger partial charge in [0.1, 0.15) is 11.6 Å². The van der Waals surface area contributed by atoms with Gasteiger partial charge in [-0.2, -0.15) is 0 Å². The molecule has 5 heteroatoms. The van der Waals surface area contributed by atoms with Crippen molar-refractivity contribution in [3.05, 3.63) is 52.5 Å². The molecule has 0 radical (unpaired) electrons. The van der Waals surface area contributed by atoms with E-state index in [-0.39, 0.29) is 12.0 Å². The molecule has 0 aliphatic carbocycles. The van der Waals surface area contributed by atoms with Crippen LogP contribution in [0.15, 0.2) is 24.3 Å². The molecule has 2 aromatic rings. The second kappa shape index (κ2) is 6.56. The number of aryl methyl sites for hydroxylation is 2. The minimum atomic E-state index is -0.329. The Hall–Kier alpha value is -2.43. The first-order chi connectivity index (χ1) is 10.4. The molecule has 1 aromatic heterocycles. The highest BCUT2D eigenvalue weighted by molar-refractivity contribution is 5.89. The molecule has 0 saturated heterocycles. The molecule has 0 saturated carbocycles. The predicted molar refractivity (Wildman–Crippen MR) is 86.1 cm³/mol. The highest BCUT2D eigenvalue weighted by Crippen LogP contribution is 2.22. The molecule has 5 nitrogen and oxygen atoms in total. The molecule has 1 aromatic carbocycles. The summed E-state index contributed by atoms with van der Waals surface area (Å²) >= 11 is 0. The first kappa shape index (κ1) is 15.9. The van der Waals surface area contributed by atoms with Gasteiger partial charge in [0.25, 0.3) is 0 Å². The number of ether oxygens (including phenoxy) is 1. The Morgan fingerprint density at radius 3 is 2.36 bits per heavy atom. The number of hydrogen-bond acceptors (Lipinski definition) is 5. The van der Waals surface area contributed by atoms with Crippen LogP contribution in [0.5, 0.6) is 0 Å². The van der Waals surface area contributed by atoms with E-state index in [9.17, 15) is 4.79 Å². The molecule has 0 fully saturated rings. The fraction of sp³-hybridized carbons (Fsp3) is 0.353. The predicted octanol–water partition coefficient (Wildman–Crippen LogP) is 3.36. The topological polar surface area (TPSA) is 64.1 Å². The van der Waals surface area contributed by atoms with Gasteiger partial charge >= 0.3 is 5.97 Å². The van der Waals surface area contributed by atoms with E-state index in [1.165, 1.54) is 7.11 Å². The van der Waals surface area contributed by atoms with Gasteiger partial charge < -0.3 is 10.1 Å². The van der Waals surface area contributed by atoms with Gasteiger partial charge in [-0.25, -0.2) is 14.8 Å². The number of nitrogens with zero attached hydrogens (tertiary/aromatic N) is 2. The Labute approximate surface area is 130 Å². The zero-order valence-corrected chi connectivity index (χ0v) is 13.6. The van der Waals surface area contributed by atoms with Crippen molar-refractivity contribution in [3.8, 4) is 0 Å². The highest BCUT2D eigenvalue weighted by Gasteiger charge is 2.12. The molecule has 116 valence electrons. The third-order valence-corrected chi connectivity index (χ3v) is 3.69. The van der Waals surface area contributed by atoms with Gasteiger partial charge in [-0.05, 0) is 45.4 Å². The van der Waals surface area contributed by atoms with Crippen LogP contribution in [0.3, 0.4) is 0 Å². The molecule has 1 unspecified atom stereocenters. The van der Waals surface area contributed by atoms with Crippen molar-refractivity contribution in [3.63, 3.8) is 0 Å². The van der Waals surface area contributed by atoms with Crippen molar-refractivity contribution in [2.75, 3.05) is 12.4 Å². The number of nitrogens with one attached hydrogen (secondary N) is 1. The van der Waals surface area contributed by atoms with Gasteiger partial charge in [0.15, 0.2) is 0 Å². The van der Waals surface area contributed by atoms with Crippen LogP contribution in [0, 0.1) is 20.8 Å². The number of aromatic nitrogens is 2. The zero-order valence-electron chi connectivity index (χ0n) is 13.6. The lowest BCUT2D eigenvalue weighted by atomic mass is 10.1. The smallest absolute Gasteiger partial charge is 0.337 e. The van der Waals surface area contributed by atoms with Crippen molar-refractivity contribution in [1.29, 1.82) is 0 Å². The van der Waals surface area contributed by atoms with Crippen LogP contribution in [0.25, 0.3) is 0 Å². The summed E-state index contributed by atoms with van der Waals surface area (Å²) in [6.07, 6.45) is 0. The second-order valence-electron chi connectivity index (χ2n) is 5.31. The molecule has 0 spiro atoms. The number of esters is 1. The Morgan fingerprint density at radius 2 is 1.77 bits per heavy atom. The van der Waals surface area contributed by atoms with E-state index in [1.54, 1.807) is 12.1 Å². The number of carbonyl (C=O) groups is 1. The van der Waals surface area contributed by atoms with Crippen LogP contribution in [0.2, 0.25) is 0 Å². The van der Waals surface area contributed by atoms with Crippen LogP contribution < -0.4 is 5.32 Å². The van der Waals surface area contributed by atoms with Crippen LogP contribution in [-0.4, -0.2) is 23.0 Å². The summed E-state index contributed by atoms with van der Waals surface area (Å²) in [4.78, 5) is 20.3. The standard InChI is InChI=1S/C17H21N3O2/c1-10-11(2)18-13(4)20-16(10)19-12(3)14-6-8-15(9-7-14)17(21)22-5/h6-9,12H,1-5H3,(H,18,19,20). The molecule has 0 aliphatic rings. The average Bonchev–Trinajstić information content (AvgIpc) is 2.51. The van der Waals surface area contributed by atoms with E-state index in [4.69, 9.17) is 4.74 Å². The first-order valence-electron chi connectivity index (χ1n) is 7.19. The van der Waals surface area contributed by atoms with E-state index in [0.717, 1.165) is 28.5 Å². The largest absolute Gasteiger partial charge is 0.465 e. The summed E-state index contributed by atoms with van der Waals surface area (Å²) in [6, 6.07) is 7.44. The summed E-state index contributed by atoms with van der Waals surface area (Å²) in [5, 5.41) is 3.40. The maximum Gasteiger partial charge on any atom is 0.337 e. The van der Waals surface area contributed by atoms with Gasteiger partial charge in [-0.1, -0.05) is 12.1 Å². The summed E-state index contributed by atoms with van der Waals surface area (Å²) in [6.45, 7) is 7.92. The molecule has 0 amide bonds. The molecule has 2 rings (SSSR count).